The maximum atomic E-state index is 10.1. The van der Waals surface area contributed by atoms with Crippen LogP contribution in [0.2, 0.25) is 0 Å². The van der Waals surface area contributed by atoms with Crippen molar-refractivity contribution in [1.82, 2.24) is 0 Å². The number of hydrogen-bond donors (Lipinski definition) is 1. The van der Waals surface area contributed by atoms with Crippen LogP contribution in [-0.4, -0.2) is 13.0 Å². The Balaban J connectivity index is 0. The molecule has 0 aliphatic heterocycles. The summed E-state index contributed by atoms with van der Waals surface area (Å²) in [5.41, 5.74) is 0. The summed E-state index contributed by atoms with van der Waals surface area (Å²) >= 11 is 0. The van der Waals surface area contributed by atoms with Crippen molar-refractivity contribution >= 4 is 10.4 Å². The third-order valence-electron chi connectivity index (χ3n) is 0.945. The van der Waals surface area contributed by atoms with E-state index in [9.17, 15) is 8.42 Å². The topological polar surface area (TPSA) is 63.6 Å². The summed E-state index contributed by atoms with van der Waals surface area (Å²) < 4.78 is 32.6. The first-order valence-electron chi connectivity index (χ1n) is 2.80. The zero-order chi connectivity index (χ0) is 8.32. The van der Waals surface area contributed by atoms with E-state index >= 15 is 0 Å². The normalized spacial score (nSPS) is 10.1. The summed E-state index contributed by atoms with van der Waals surface area (Å²) in [6, 6.07) is 7.75. The minimum Gasteiger partial charge on any atom is -1.00 e. The van der Waals surface area contributed by atoms with E-state index in [-0.39, 0.29) is 58.6 Å². The second-order valence-electron chi connectivity index (χ2n) is 1.82. The summed E-state index contributed by atoms with van der Waals surface area (Å²) in [7, 11) is -4.38. The maximum Gasteiger partial charge on any atom is 1.00 e. The molecule has 62 valence electrons. The average molecular weight is 214 g/mol. The molecule has 6 heteroatoms. The van der Waals surface area contributed by atoms with Crippen molar-refractivity contribution in [2.45, 2.75) is 0 Å². The minimum atomic E-state index is -4.38. The molecule has 0 bridgehead atoms. The van der Waals surface area contributed by atoms with Gasteiger partial charge in [0.25, 0.3) is 0 Å². The van der Waals surface area contributed by atoms with Crippen LogP contribution in [0.5, 0.6) is 5.75 Å². The molecule has 1 rings (SSSR count). The van der Waals surface area contributed by atoms with Gasteiger partial charge in [0.1, 0.15) is 5.75 Å². The summed E-state index contributed by atoms with van der Waals surface area (Å²) in [5, 5.41) is 0. The van der Waals surface area contributed by atoms with Gasteiger partial charge in [0.15, 0.2) is 0 Å². The Kier molecular flexibility index (Phi) is 5.58. The molecule has 0 radical (unpaired) electrons. The standard InChI is InChI=1S/C6H6O4S.K.H/c7-11(8,9)10-6-4-2-1-3-5-6;;/h1-5H,(H,7,8,9);;/q;+1;-1. The van der Waals surface area contributed by atoms with E-state index in [1.807, 2.05) is 0 Å². The van der Waals surface area contributed by atoms with Crippen molar-refractivity contribution in [3.63, 3.8) is 0 Å². The van der Waals surface area contributed by atoms with Crippen molar-refractivity contribution in [3.8, 4) is 5.75 Å². The molecule has 0 amide bonds. The predicted molar refractivity (Wildman–Crippen MR) is 39.7 cm³/mol. The van der Waals surface area contributed by atoms with E-state index in [1.165, 1.54) is 12.1 Å². The van der Waals surface area contributed by atoms with Crippen molar-refractivity contribution < 1.29 is 70.0 Å². The van der Waals surface area contributed by atoms with E-state index in [1.54, 1.807) is 18.2 Å². The second-order valence-corrected chi connectivity index (χ2v) is 2.85. The van der Waals surface area contributed by atoms with Crippen LogP contribution >= 0.6 is 0 Å². The molecule has 1 N–H and O–H groups in total. The second kappa shape index (κ2) is 5.33. The quantitative estimate of drug-likeness (QED) is 0.456. The largest absolute Gasteiger partial charge is 1.00 e. The third-order valence-corrected chi connectivity index (χ3v) is 1.35. The first kappa shape index (κ1) is 12.6. The Hall–Kier alpha value is 0.566. The SMILES string of the molecule is O=S(=O)(O)Oc1ccccc1.[H-].[K+]. The summed E-state index contributed by atoms with van der Waals surface area (Å²) in [6.45, 7) is 0. The van der Waals surface area contributed by atoms with Gasteiger partial charge in [0, 0.05) is 0 Å². The van der Waals surface area contributed by atoms with Gasteiger partial charge in [-0.25, -0.2) is 0 Å². The van der Waals surface area contributed by atoms with Crippen LogP contribution in [0.1, 0.15) is 1.43 Å². The van der Waals surface area contributed by atoms with Gasteiger partial charge in [0.05, 0.1) is 0 Å². The van der Waals surface area contributed by atoms with E-state index in [2.05, 4.69) is 4.18 Å². The molecule has 0 saturated heterocycles. The van der Waals surface area contributed by atoms with E-state index < -0.39 is 10.4 Å². The molecule has 4 nitrogen and oxygen atoms in total. The van der Waals surface area contributed by atoms with Crippen LogP contribution in [0, 0.1) is 0 Å². The summed E-state index contributed by atoms with van der Waals surface area (Å²) in [5.74, 6) is 0.0926. The van der Waals surface area contributed by atoms with Crippen LogP contribution in [0.15, 0.2) is 30.3 Å². The Morgan fingerprint density at radius 1 is 1.25 bits per heavy atom. The van der Waals surface area contributed by atoms with Gasteiger partial charge in [-0.1, -0.05) is 18.2 Å². The zero-order valence-electron chi connectivity index (χ0n) is 7.47. The molecule has 0 unspecified atom stereocenters. The fraction of sp³-hybridized carbons (Fsp3) is 0. The van der Waals surface area contributed by atoms with Gasteiger partial charge in [-0.3, -0.25) is 4.55 Å². The van der Waals surface area contributed by atoms with Gasteiger partial charge in [-0.2, -0.15) is 8.42 Å². The first-order chi connectivity index (χ1) is 5.08. The molecular formula is C6H7KO4S. The van der Waals surface area contributed by atoms with Gasteiger partial charge < -0.3 is 5.61 Å². The van der Waals surface area contributed by atoms with Crippen LogP contribution < -0.4 is 55.6 Å². The van der Waals surface area contributed by atoms with Gasteiger partial charge >= 0.3 is 61.8 Å². The van der Waals surface area contributed by atoms with Crippen LogP contribution in [0.4, 0.5) is 0 Å². The van der Waals surface area contributed by atoms with E-state index in [4.69, 9.17) is 4.55 Å². The molecule has 12 heavy (non-hydrogen) atoms. The van der Waals surface area contributed by atoms with Crippen molar-refractivity contribution in [2.24, 2.45) is 0 Å². The van der Waals surface area contributed by atoms with Gasteiger partial charge in [-0.15, -0.1) is 0 Å². The predicted octanol–water partition coefficient (Wildman–Crippen LogP) is -2.02. The average Bonchev–Trinajstić information content (AvgIpc) is 1.85. The maximum absolute atomic E-state index is 10.1. The summed E-state index contributed by atoms with van der Waals surface area (Å²) in [4.78, 5) is 0. The fourth-order valence-electron chi connectivity index (χ4n) is 0.598. The molecule has 0 saturated carbocycles. The minimum absolute atomic E-state index is 0. The van der Waals surface area contributed by atoms with Crippen molar-refractivity contribution in [1.29, 1.82) is 0 Å². The smallest absolute Gasteiger partial charge is 1.00 e. The molecule has 0 aromatic heterocycles. The Bertz CT molecular complexity index is 326. The van der Waals surface area contributed by atoms with Crippen molar-refractivity contribution in [2.75, 3.05) is 0 Å². The Labute approximate surface area is 115 Å². The number of rotatable bonds is 2. The monoisotopic (exact) mass is 214 g/mol. The molecular weight excluding hydrogens is 207 g/mol. The first-order valence-corrected chi connectivity index (χ1v) is 4.16. The molecule has 0 aliphatic carbocycles. The fourth-order valence-corrected chi connectivity index (χ4v) is 0.952. The molecule has 0 atom stereocenters. The number of hydrogen-bond acceptors (Lipinski definition) is 3. The number of benzene rings is 1. The molecule has 1 aromatic rings. The summed E-state index contributed by atoms with van der Waals surface area (Å²) in [6.07, 6.45) is 0. The number of para-hydroxylation sites is 1. The van der Waals surface area contributed by atoms with E-state index in [0.29, 0.717) is 0 Å². The molecule has 0 aliphatic rings. The van der Waals surface area contributed by atoms with Crippen LogP contribution in [0.3, 0.4) is 0 Å². The van der Waals surface area contributed by atoms with Gasteiger partial charge in [0.2, 0.25) is 0 Å². The molecule has 0 heterocycles. The van der Waals surface area contributed by atoms with Crippen LogP contribution in [0.25, 0.3) is 0 Å². The van der Waals surface area contributed by atoms with Gasteiger partial charge in [-0.05, 0) is 12.1 Å². The molecule has 1 aromatic carbocycles. The van der Waals surface area contributed by atoms with Crippen LogP contribution in [-0.2, 0) is 10.4 Å². The van der Waals surface area contributed by atoms with Crippen molar-refractivity contribution in [3.05, 3.63) is 30.3 Å². The Morgan fingerprint density at radius 3 is 2.17 bits per heavy atom. The zero-order valence-corrected chi connectivity index (χ0v) is 10.4. The Morgan fingerprint density at radius 2 is 1.75 bits per heavy atom. The molecule has 0 fully saturated rings. The van der Waals surface area contributed by atoms with E-state index in [0.717, 1.165) is 0 Å². The molecule has 0 spiro atoms. The third kappa shape index (κ3) is 5.25.